The summed E-state index contributed by atoms with van der Waals surface area (Å²) in [6, 6.07) is 36.7. The zero-order chi connectivity index (χ0) is 27.0. The van der Waals surface area contributed by atoms with Crippen molar-refractivity contribution in [3.8, 4) is 0 Å². The van der Waals surface area contributed by atoms with Gasteiger partial charge in [-0.1, -0.05) is 103 Å². The third kappa shape index (κ3) is 5.92. The Morgan fingerprint density at radius 3 is 1.58 bits per heavy atom. The standard InChI is InChI=1S/C31H28O6S/c1-36-27(21-38-26-19-17-22(18-20-26)28(32)29(33)30(34)35)37-31(23-11-5-2-6-12-23,24-13-7-3-8-14-24)25-15-9-4-10-16-25/h2-20,27,32-33H,21H2,1H3,(H,34,35). The molecule has 0 saturated carbocycles. The lowest BCUT2D eigenvalue weighted by Gasteiger charge is -2.38. The maximum Gasteiger partial charge on any atom is 0.374 e. The molecule has 0 amide bonds. The van der Waals surface area contributed by atoms with Crippen molar-refractivity contribution in [3.63, 3.8) is 0 Å². The number of hydrogen-bond donors (Lipinski definition) is 3. The summed E-state index contributed by atoms with van der Waals surface area (Å²) in [4.78, 5) is 11.8. The molecule has 0 fully saturated rings. The summed E-state index contributed by atoms with van der Waals surface area (Å²) < 4.78 is 12.7. The van der Waals surface area contributed by atoms with Crippen LogP contribution in [0.5, 0.6) is 0 Å². The summed E-state index contributed by atoms with van der Waals surface area (Å²) in [6.45, 7) is 0. The molecule has 1 unspecified atom stereocenters. The molecule has 4 aromatic rings. The van der Waals surface area contributed by atoms with Gasteiger partial charge in [-0.2, -0.15) is 0 Å². The number of methoxy groups -OCH3 is 1. The molecule has 0 saturated heterocycles. The first-order valence-corrected chi connectivity index (χ1v) is 12.9. The topological polar surface area (TPSA) is 96.2 Å². The Labute approximate surface area is 225 Å². The molecule has 6 nitrogen and oxygen atoms in total. The van der Waals surface area contributed by atoms with Gasteiger partial charge >= 0.3 is 5.97 Å². The van der Waals surface area contributed by atoms with E-state index in [0.29, 0.717) is 5.75 Å². The number of hydrogen-bond acceptors (Lipinski definition) is 6. The summed E-state index contributed by atoms with van der Waals surface area (Å²) in [6.07, 6.45) is -0.607. The van der Waals surface area contributed by atoms with E-state index >= 15 is 0 Å². The molecular formula is C31H28O6S. The summed E-state index contributed by atoms with van der Waals surface area (Å²) in [5.74, 6) is -2.94. The Morgan fingerprint density at radius 2 is 1.18 bits per heavy atom. The lowest BCUT2D eigenvalue weighted by molar-refractivity contribution is -0.162. The molecule has 4 aromatic carbocycles. The van der Waals surface area contributed by atoms with Crippen molar-refractivity contribution in [2.45, 2.75) is 16.8 Å². The van der Waals surface area contributed by atoms with Crippen molar-refractivity contribution in [3.05, 3.63) is 143 Å². The number of thioether (sulfide) groups is 1. The van der Waals surface area contributed by atoms with Gasteiger partial charge in [0.25, 0.3) is 0 Å². The number of aliphatic hydroxyl groups is 2. The fourth-order valence-corrected chi connectivity index (χ4v) is 5.04. The lowest BCUT2D eigenvalue weighted by Crippen LogP contribution is -2.38. The number of carboxylic acids is 1. The summed E-state index contributed by atoms with van der Waals surface area (Å²) in [5, 5.41) is 28.3. The summed E-state index contributed by atoms with van der Waals surface area (Å²) >= 11 is 1.49. The monoisotopic (exact) mass is 528 g/mol. The summed E-state index contributed by atoms with van der Waals surface area (Å²) in [7, 11) is 1.61. The molecule has 0 aliphatic heterocycles. The van der Waals surface area contributed by atoms with Gasteiger partial charge in [0.1, 0.15) is 5.60 Å². The second kappa shape index (κ2) is 12.5. The molecule has 0 aliphatic carbocycles. The maximum atomic E-state index is 10.9. The number of ether oxygens (including phenoxy) is 2. The minimum atomic E-state index is -1.60. The van der Waals surface area contributed by atoms with Gasteiger partial charge < -0.3 is 24.8 Å². The van der Waals surface area contributed by atoms with Gasteiger partial charge in [-0.25, -0.2) is 4.79 Å². The minimum absolute atomic E-state index is 0.199. The third-order valence-electron chi connectivity index (χ3n) is 6.05. The van der Waals surface area contributed by atoms with Crippen molar-refractivity contribution >= 4 is 23.5 Å². The van der Waals surface area contributed by atoms with Crippen molar-refractivity contribution in [2.24, 2.45) is 0 Å². The van der Waals surface area contributed by atoms with E-state index in [1.165, 1.54) is 11.8 Å². The summed E-state index contributed by atoms with van der Waals surface area (Å²) in [5.41, 5.74) is 2.17. The molecule has 0 aliphatic rings. The molecule has 1 atom stereocenters. The van der Waals surface area contributed by atoms with Crippen LogP contribution in [0.25, 0.3) is 5.76 Å². The molecule has 0 heterocycles. The van der Waals surface area contributed by atoms with Crippen LogP contribution in [0, 0.1) is 0 Å². The highest BCUT2D eigenvalue weighted by molar-refractivity contribution is 7.99. The molecule has 38 heavy (non-hydrogen) atoms. The Morgan fingerprint density at radius 1 is 0.737 bits per heavy atom. The second-order valence-electron chi connectivity index (χ2n) is 8.40. The molecule has 0 radical (unpaired) electrons. The fourth-order valence-electron chi connectivity index (χ4n) is 4.18. The van der Waals surface area contributed by atoms with Crippen LogP contribution < -0.4 is 0 Å². The highest BCUT2D eigenvalue weighted by Crippen LogP contribution is 2.42. The van der Waals surface area contributed by atoms with Gasteiger partial charge in [0, 0.05) is 23.3 Å². The van der Waals surface area contributed by atoms with Crippen LogP contribution in [0.2, 0.25) is 0 Å². The van der Waals surface area contributed by atoms with E-state index < -0.39 is 29.4 Å². The Balaban J connectivity index is 1.64. The predicted octanol–water partition coefficient (Wildman–Crippen LogP) is 6.63. The van der Waals surface area contributed by atoms with Crippen LogP contribution >= 0.6 is 11.8 Å². The maximum absolute atomic E-state index is 10.9. The number of rotatable bonds is 11. The largest absolute Gasteiger partial charge is 0.504 e. The van der Waals surface area contributed by atoms with Crippen LogP contribution in [0.1, 0.15) is 22.3 Å². The zero-order valence-corrected chi connectivity index (χ0v) is 21.5. The van der Waals surface area contributed by atoms with Crippen molar-refractivity contribution in [2.75, 3.05) is 12.9 Å². The van der Waals surface area contributed by atoms with Crippen LogP contribution in [-0.4, -0.2) is 40.4 Å². The van der Waals surface area contributed by atoms with Crippen LogP contribution in [-0.2, 0) is 19.9 Å². The van der Waals surface area contributed by atoms with Gasteiger partial charge in [-0.05, 0) is 28.8 Å². The molecular weight excluding hydrogens is 500 g/mol. The van der Waals surface area contributed by atoms with E-state index in [0.717, 1.165) is 21.6 Å². The molecule has 194 valence electrons. The third-order valence-corrected chi connectivity index (χ3v) is 7.10. The molecule has 7 heteroatoms. The van der Waals surface area contributed by atoms with E-state index in [-0.39, 0.29) is 5.56 Å². The van der Waals surface area contributed by atoms with Crippen molar-refractivity contribution in [1.29, 1.82) is 0 Å². The molecule has 0 bridgehead atoms. The second-order valence-corrected chi connectivity index (χ2v) is 9.49. The first-order chi connectivity index (χ1) is 18.5. The van der Waals surface area contributed by atoms with Crippen LogP contribution in [0.4, 0.5) is 0 Å². The highest BCUT2D eigenvalue weighted by Gasteiger charge is 2.40. The Hall–Kier alpha value is -4.04. The average Bonchev–Trinajstić information content (AvgIpc) is 2.98. The molecule has 3 N–H and O–H groups in total. The molecule has 0 spiro atoms. The minimum Gasteiger partial charge on any atom is -0.504 e. The van der Waals surface area contributed by atoms with Crippen LogP contribution in [0.3, 0.4) is 0 Å². The number of aliphatic carboxylic acids is 1. The zero-order valence-electron chi connectivity index (χ0n) is 20.7. The lowest BCUT2D eigenvalue weighted by atomic mass is 9.80. The van der Waals surface area contributed by atoms with E-state index in [4.69, 9.17) is 14.6 Å². The van der Waals surface area contributed by atoms with Crippen molar-refractivity contribution < 1.29 is 29.6 Å². The molecule has 4 rings (SSSR count). The van der Waals surface area contributed by atoms with E-state index in [1.54, 1.807) is 31.4 Å². The predicted molar refractivity (Wildman–Crippen MR) is 148 cm³/mol. The number of carbonyl (C=O) groups is 1. The van der Waals surface area contributed by atoms with Gasteiger partial charge in [0.2, 0.25) is 5.76 Å². The van der Waals surface area contributed by atoms with Crippen molar-refractivity contribution in [1.82, 2.24) is 0 Å². The Bertz CT molecular complexity index is 1260. The first-order valence-electron chi connectivity index (χ1n) is 11.9. The number of carboxylic acid groups (broad SMARTS) is 1. The van der Waals surface area contributed by atoms with Gasteiger partial charge in [0.15, 0.2) is 12.0 Å². The van der Waals surface area contributed by atoms with Gasteiger partial charge in [0.05, 0.1) is 0 Å². The van der Waals surface area contributed by atoms with E-state index in [1.807, 2.05) is 91.0 Å². The SMILES string of the molecule is COC(CSc1ccc(C(O)=C(O)C(=O)O)cc1)OC(c1ccccc1)(c1ccccc1)c1ccccc1. The van der Waals surface area contributed by atoms with E-state index in [2.05, 4.69) is 0 Å². The normalized spacial score (nSPS) is 13.0. The van der Waals surface area contributed by atoms with E-state index in [9.17, 15) is 15.0 Å². The van der Waals surface area contributed by atoms with Gasteiger partial charge in [-0.3, -0.25) is 0 Å². The number of benzene rings is 4. The quantitative estimate of drug-likeness (QED) is 0.0661. The fraction of sp³-hybridized carbons (Fsp3) is 0.129. The smallest absolute Gasteiger partial charge is 0.374 e. The highest BCUT2D eigenvalue weighted by atomic mass is 32.2. The first kappa shape index (κ1) is 27.0. The van der Waals surface area contributed by atoms with Gasteiger partial charge in [-0.15, -0.1) is 11.8 Å². The average molecular weight is 529 g/mol. The number of aliphatic hydroxyl groups excluding tert-OH is 2. The van der Waals surface area contributed by atoms with Crippen LogP contribution in [0.15, 0.2) is 126 Å². The molecule has 0 aromatic heterocycles. The Kier molecular flexibility index (Phi) is 8.86.